The van der Waals surface area contributed by atoms with E-state index in [-0.39, 0.29) is 17.7 Å². The zero-order valence-electron chi connectivity index (χ0n) is 15.9. The summed E-state index contributed by atoms with van der Waals surface area (Å²) in [4.78, 5) is 8.22. The second kappa shape index (κ2) is 8.15. The van der Waals surface area contributed by atoms with Gasteiger partial charge in [-0.1, -0.05) is 35.9 Å². The normalized spacial score (nSPS) is 12.8. The van der Waals surface area contributed by atoms with Crippen molar-refractivity contribution in [3.63, 3.8) is 0 Å². The number of nitrogens with zero attached hydrogens (tertiary/aromatic N) is 2. The number of hydrogen-bond donors (Lipinski definition) is 1. The van der Waals surface area contributed by atoms with Crippen LogP contribution in [-0.2, 0) is 12.6 Å². The molecular formula is C23H15ClF4N2O. The summed E-state index contributed by atoms with van der Waals surface area (Å²) in [5.41, 5.74) is 0.487. The van der Waals surface area contributed by atoms with E-state index >= 15 is 0 Å². The Morgan fingerprint density at radius 1 is 1.00 bits per heavy atom. The highest BCUT2D eigenvalue weighted by Gasteiger charge is 2.34. The monoisotopic (exact) mass is 446 g/mol. The number of pyridine rings is 2. The summed E-state index contributed by atoms with van der Waals surface area (Å²) in [6.07, 6.45) is -1.95. The number of alkyl halides is 3. The lowest BCUT2D eigenvalue weighted by atomic mass is 9.85. The zero-order chi connectivity index (χ0) is 22.2. The van der Waals surface area contributed by atoms with Gasteiger partial charge in [0.15, 0.2) is 0 Å². The Morgan fingerprint density at radius 3 is 2.52 bits per heavy atom. The molecule has 0 saturated carbocycles. The molecule has 0 saturated heterocycles. The number of rotatable bonds is 4. The Kier molecular flexibility index (Phi) is 5.54. The summed E-state index contributed by atoms with van der Waals surface area (Å²) >= 11 is 5.79. The first kappa shape index (κ1) is 21.1. The van der Waals surface area contributed by atoms with Crippen LogP contribution < -0.4 is 0 Å². The standard InChI is InChI=1S/C23H15ClF4N2O/c24-20-8-4-14(10-19(20)23(26,27)28)18(11-16-6-5-15(25)12-30-16)17-7-3-13-2-1-9-29-21(13)22(17)31/h1-10,12,18,31H,11H2. The van der Waals surface area contributed by atoms with Crippen LogP contribution in [0.3, 0.4) is 0 Å². The number of phenols is 1. The van der Waals surface area contributed by atoms with E-state index in [1.807, 2.05) is 0 Å². The molecule has 0 aliphatic carbocycles. The summed E-state index contributed by atoms with van der Waals surface area (Å²) in [5, 5.41) is 11.2. The van der Waals surface area contributed by atoms with Gasteiger partial charge in [-0.15, -0.1) is 0 Å². The van der Waals surface area contributed by atoms with E-state index in [1.54, 1.807) is 24.3 Å². The predicted molar refractivity (Wildman–Crippen MR) is 110 cm³/mol. The minimum atomic E-state index is -4.64. The third-order valence-electron chi connectivity index (χ3n) is 5.05. The van der Waals surface area contributed by atoms with Gasteiger partial charge < -0.3 is 5.11 Å². The van der Waals surface area contributed by atoms with Crippen LogP contribution in [0.2, 0.25) is 5.02 Å². The summed E-state index contributed by atoms with van der Waals surface area (Å²) < 4.78 is 53.7. The number of aromatic nitrogens is 2. The van der Waals surface area contributed by atoms with E-state index in [0.29, 0.717) is 22.2 Å². The van der Waals surface area contributed by atoms with Crippen molar-refractivity contribution in [3.8, 4) is 5.75 Å². The van der Waals surface area contributed by atoms with Gasteiger partial charge >= 0.3 is 6.18 Å². The first-order valence-corrected chi connectivity index (χ1v) is 9.65. The number of aromatic hydroxyl groups is 1. The highest BCUT2D eigenvalue weighted by atomic mass is 35.5. The molecule has 158 valence electrons. The Bertz CT molecular complexity index is 1240. The van der Waals surface area contributed by atoms with Crippen LogP contribution in [0.25, 0.3) is 10.9 Å². The van der Waals surface area contributed by atoms with Gasteiger partial charge in [-0.2, -0.15) is 13.2 Å². The second-order valence-electron chi connectivity index (χ2n) is 7.04. The van der Waals surface area contributed by atoms with Gasteiger partial charge in [0.2, 0.25) is 0 Å². The lowest BCUT2D eigenvalue weighted by molar-refractivity contribution is -0.137. The number of phenolic OH excluding ortho intramolecular Hbond substituents is 1. The molecule has 3 nitrogen and oxygen atoms in total. The van der Waals surface area contributed by atoms with Gasteiger partial charge in [0, 0.05) is 35.2 Å². The molecular weight excluding hydrogens is 432 g/mol. The molecule has 2 heterocycles. The first-order chi connectivity index (χ1) is 14.7. The molecule has 0 bridgehead atoms. The maximum absolute atomic E-state index is 13.5. The Morgan fingerprint density at radius 2 is 1.81 bits per heavy atom. The second-order valence-corrected chi connectivity index (χ2v) is 7.45. The highest BCUT2D eigenvalue weighted by molar-refractivity contribution is 6.31. The van der Waals surface area contributed by atoms with Crippen LogP contribution in [0.15, 0.2) is 67.0 Å². The zero-order valence-corrected chi connectivity index (χ0v) is 16.6. The number of benzene rings is 2. The van der Waals surface area contributed by atoms with E-state index in [2.05, 4.69) is 9.97 Å². The fraction of sp³-hybridized carbons (Fsp3) is 0.130. The van der Waals surface area contributed by atoms with E-state index in [9.17, 15) is 22.7 Å². The van der Waals surface area contributed by atoms with Gasteiger partial charge in [0.25, 0.3) is 0 Å². The van der Waals surface area contributed by atoms with Gasteiger partial charge in [-0.25, -0.2) is 4.39 Å². The van der Waals surface area contributed by atoms with Gasteiger partial charge in [-0.3, -0.25) is 9.97 Å². The fourth-order valence-electron chi connectivity index (χ4n) is 3.55. The van der Waals surface area contributed by atoms with Crippen molar-refractivity contribution >= 4 is 22.5 Å². The molecule has 1 atom stereocenters. The largest absolute Gasteiger partial charge is 0.505 e. The van der Waals surface area contributed by atoms with Crippen LogP contribution in [0.1, 0.15) is 28.3 Å². The Labute approximate surface area is 180 Å². The van der Waals surface area contributed by atoms with E-state index in [4.69, 9.17) is 11.6 Å². The Hall–Kier alpha value is -3.19. The van der Waals surface area contributed by atoms with Crippen LogP contribution in [0.5, 0.6) is 5.75 Å². The van der Waals surface area contributed by atoms with Crippen molar-refractivity contribution in [2.45, 2.75) is 18.5 Å². The average Bonchev–Trinajstić information content (AvgIpc) is 2.74. The average molecular weight is 447 g/mol. The molecule has 0 amide bonds. The molecule has 31 heavy (non-hydrogen) atoms. The fourth-order valence-corrected chi connectivity index (χ4v) is 3.77. The summed E-state index contributed by atoms with van der Waals surface area (Å²) in [6, 6.07) is 13.2. The van der Waals surface area contributed by atoms with Crippen LogP contribution in [0.4, 0.5) is 17.6 Å². The highest BCUT2D eigenvalue weighted by Crippen LogP contribution is 2.41. The Balaban J connectivity index is 1.88. The quantitative estimate of drug-likeness (QED) is 0.363. The summed E-state index contributed by atoms with van der Waals surface area (Å²) in [7, 11) is 0. The SMILES string of the molecule is Oc1c(C(Cc2ccc(F)cn2)c2ccc(Cl)c(C(F)(F)F)c2)ccc2cccnc12. The molecule has 0 fully saturated rings. The maximum Gasteiger partial charge on any atom is 0.417 e. The third kappa shape index (κ3) is 4.32. The molecule has 8 heteroatoms. The number of hydrogen-bond acceptors (Lipinski definition) is 3. The molecule has 1 N–H and O–H groups in total. The molecule has 4 aromatic rings. The van der Waals surface area contributed by atoms with Crippen LogP contribution >= 0.6 is 11.6 Å². The third-order valence-corrected chi connectivity index (χ3v) is 5.38. The van der Waals surface area contributed by atoms with Crippen LogP contribution in [-0.4, -0.2) is 15.1 Å². The molecule has 0 aliphatic heterocycles. The van der Waals surface area contributed by atoms with Crippen molar-refractivity contribution < 1.29 is 22.7 Å². The van der Waals surface area contributed by atoms with E-state index in [0.717, 1.165) is 12.3 Å². The van der Waals surface area contributed by atoms with Crippen molar-refractivity contribution in [1.29, 1.82) is 0 Å². The smallest absolute Gasteiger partial charge is 0.417 e. The molecule has 0 radical (unpaired) electrons. The first-order valence-electron chi connectivity index (χ1n) is 9.27. The molecule has 0 spiro atoms. The summed E-state index contributed by atoms with van der Waals surface area (Å²) in [6.45, 7) is 0. The maximum atomic E-state index is 13.5. The predicted octanol–water partition coefficient (Wildman–Crippen LogP) is 6.52. The number of halogens is 5. The van der Waals surface area contributed by atoms with Crippen molar-refractivity contribution in [2.24, 2.45) is 0 Å². The van der Waals surface area contributed by atoms with E-state index in [1.165, 1.54) is 30.5 Å². The summed E-state index contributed by atoms with van der Waals surface area (Å²) in [5.74, 6) is -1.36. The van der Waals surface area contributed by atoms with Gasteiger partial charge in [0.1, 0.15) is 17.1 Å². The van der Waals surface area contributed by atoms with Crippen LogP contribution in [0, 0.1) is 5.82 Å². The molecule has 0 aliphatic rings. The van der Waals surface area contributed by atoms with E-state index < -0.39 is 28.5 Å². The van der Waals surface area contributed by atoms with Crippen molar-refractivity contribution in [3.05, 3.63) is 100 Å². The van der Waals surface area contributed by atoms with Gasteiger partial charge in [-0.05, 0) is 35.9 Å². The molecule has 4 rings (SSSR count). The van der Waals surface area contributed by atoms with Crippen molar-refractivity contribution in [1.82, 2.24) is 9.97 Å². The lowest BCUT2D eigenvalue weighted by Gasteiger charge is -2.21. The minimum absolute atomic E-state index is 0.130. The molecule has 1 unspecified atom stereocenters. The van der Waals surface area contributed by atoms with Gasteiger partial charge in [0.05, 0.1) is 16.8 Å². The minimum Gasteiger partial charge on any atom is -0.505 e. The topological polar surface area (TPSA) is 46.0 Å². The van der Waals surface area contributed by atoms with Crippen molar-refractivity contribution in [2.75, 3.05) is 0 Å². The molecule has 2 aromatic heterocycles. The lowest BCUT2D eigenvalue weighted by Crippen LogP contribution is -2.11. The number of fused-ring (bicyclic) bond motifs is 1. The molecule has 2 aromatic carbocycles.